The predicted molar refractivity (Wildman–Crippen MR) is 75.4 cm³/mol. The SMILES string of the molecule is Cc1nn(C)c(CC(N)C2CCOCC2C)c1Br. The number of hydrogen-bond acceptors (Lipinski definition) is 3. The summed E-state index contributed by atoms with van der Waals surface area (Å²) < 4.78 is 8.51. The third-order valence-electron chi connectivity index (χ3n) is 3.95. The van der Waals surface area contributed by atoms with E-state index in [2.05, 4.69) is 28.0 Å². The Balaban J connectivity index is 2.08. The number of hydrogen-bond donors (Lipinski definition) is 1. The third kappa shape index (κ3) is 2.78. The average Bonchev–Trinajstić information content (AvgIpc) is 2.56. The number of rotatable bonds is 3. The normalized spacial score (nSPS) is 26.3. The van der Waals surface area contributed by atoms with E-state index in [4.69, 9.17) is 10.5 Å². The van der Waals surface area contributed by atoms with Gasteiger partial charge in [-0.25, -0.2) is 0 Å². The lowest BCUT2D eigenvalue weighted by atomic mass is 9.82. The Bertz CT molecular complexity index is 419. The lowest BCUT2D eigenvalue weighted by Crippen LogP contribution is -2.41. The van der Waals surface area contributed by atoms with Gasteiger partial charge in [-0.2, -0.15) is 5.10 Å². The summed E-state index contributed by atoms with van der Waals surface area (Å²) in [6.45, 7) is 5.92. The molecule has 1 aromatic rings. The second kappa shape index (κ2) is 5.72. The van der Waals surface area contributed by atoms with Crippen molar-refractivity contribution in [2.45, 2.75) is 32.7 Å². The molecule has 0 bridgehead atoms. The molecule has 3 unspecified atom stereocenters. The first kappa shape index (κ1) is 14.0. The van der Waals surface area contributed by atoms with E-state index in [9.17, 15) is 0 Å². The van der Waals surface area contributed by atoms with E-state index < -0.39 is 0 Å². The largest absolute Gasteiger partial charge is 0.381 e. The zero-order valence-corrected chi connectivity index (χ0v) is 12.9. The summed E-state index contributed by atoms with van der Waals surface area (Å²) in [4.78, 5) is 0. The van der Waals surface area contributed by atoms with Crippen LogP contribution in [0.15, 0.2) is 4.47 Å². The van der Waals surface area contributed by atoms with Gasteiger partial charge in [-0.3, -0.25) is 4.68 Å². The number of aromatic nitrogens is 2. The molecular formula is C13H22BrN3O. The van der Waals surface area contributed by atoms with Gasteiger partial charge < -0.3 is 10.5 Å². The van der Waals surface area contributed by atoms with Crippen LogP contribution in [0.5, 0.6) is 0 Å². The van der Waals surface area contributed by atoms with Crippen LogP contribution in [0.1, 0.15) is 24.7 Å². The maximum atomic E-state index is 6.40. The molecule has 3 atom stereocenters. The lowest BCUT2D eigenvalue weighted by molar-refractivity contribution is 0.0155. The maximum absolute atomic E-state index is 6.40. The fourth-order valence-electron chi connectivity index (χ4n) is 2.81. The monoisotopic (exact) mass is 315 g/mol. The molecule has 5 heteroatoms. The molecule has 1 aliphatic heterocycles. The van der Waals surface area contributed by atoms with Crippen LogP contribution in [0.25, 0.3) is 0 Å². The molecule has 2 heterocycles. The van der Waals surface area contributed by atoms with Crippen LogP contribution >= 0.6 is 15.9 Å². The van der Waals surface area contributed by atoms with Crippen LogP contribution < -0.4 is 5.73 Å². The van der Waals surface area contributed by atoms with E-state index in [1.165, 1.54) is 5.69 Å². The Labute approximate surface area is 117 Å². The summed E-state index contributed by atoms with van der Waals surface area (Å²) in [7, 11) is 1.98. The van der Waals surface area contributed by atoms with Crippen LogP contribution in [0, 0.1) is 18.8 Å². The van der Waals surface area contributed by atoms with Crippen LogP contribution in [-0.4, -0.2) is 29.0 Å². The molecule has 0 amide bonds. The summed E-state index contributed by atoms with van der Waals surface area (Å²) in [6.07, 6.45) is 1.93. The van der Waals surface area contributed by atoms with Crippen molar-refractivity contribution >= 4 is 15.9 Å². The second-order valence-electron chi connectivity index (χ2n) is 5.34. The van der Waals surface area contributed by atoms with E-state index in [-0.39, 0.29) is 6.04 Å². The van der Waals surface area contributed by atoms with E-state index in [1.54, 1.807) is 0 Å². The van der Waals surface area contributed by atoms with Gasteiger partial charge in [-0.1, -0.05) is 6.92 Å². The van der Waals surface area contributed by atoms with Crippen molar-refractivity contribution in [1.29, 1.82) is 0 Å². The van der Waals surface area contributed by atoms with E-state index in [1.807, 2.05) is 18.7 Å². The smallest absolute Gasteiger partial charge is 0.0738 e. The number of nitrogens with two attached hydrogens (primary N) is 1. The third-order valence-corrected chi connectivity index (χ3v) is 4.98. The van der Waals surface area contributed by atoms with E-state index in [0.29, 0.717) is 11.8 Å². The van der Waals surface area contributed by atoms with Crippen LogP contribution in [0.3, 0.4) is 0 Å². The van der Waals surface area contributed by atoms with Crippen LogP contribution in [-0.2, 0) is 18.2 Å². The molecule has 1 saturated heterocycles. The first-order valence-electron chi connectivity index (χ1n) is 6.52. The fourth-order valence-corrected chi connectivity index (χ4v) is 3.31. The minimum atomic E-state index is 0.176. The Morgan fingerprint density at radius 2 is 2.33 bits per heavy atom. The molecule has 4 nitrogen and oxygen atoms in total. The minimum Gasteiger partial charge on any atom is -0.381 e. The van der Waals surface area contributed by atoms with Gasteiger partial charge in [0, 0.05) is 32.7 Å². The Morgan fingerprint density at radius 3 is 2.89 bits per heavy atom. The summed E-state index contributed by atoms with van der Waals surface area (Å²) in [5.74, 6) is 1.09. The highest BCUT2D eigenvalue weighted by Crippen LogP contribution is 2.28. The van der Waals surface area contributed by atoms with Crippen molar-refractivity contribution in [2.24, 2.45) is 24.6 Å². The first-order valence-corrected chi connectivity index (χ1v) is 7.31. The number of aryl methyl sites for hydroxylation is 2. The zero-order chi connectivity index (χ0) is 13.3. The van der Waals surface area contributed by atoms with Crippen molar-refractivity contribution in [1.82, 2.24) is 9.78 Å². The van der Waals surface area contributed by atoms with Gasteiger partial charge in [-0.05, 0) is 41.1 Å². The summed E-state index contributed by atoms with van der Waals surface area (Å²) in [5.41, 5.74) is 8.62. The Hall–Kier alpha value is -0.390. The average molecular weight is 316 g/mol. The van der Waals surface area contributed by atoms with Gasteiger partial charge in [0.05, 0.1) is 15.9 Å². The number of ether oxygens (including phenoxy) is 1. The van der Waals surface area contributed by atoms with Crippen LogP contribution in [0.2, 0.25) is 0 Å². The molecule has 1 aromatic heterocycles. The Kier molecular flexibility index (Phi) is 4.45. The summed E-state index contributed by atoms with van der Waals surface area (Å²) in [5, 5.41) is 4.42. The quantitative estimate of drug-likeness (QED) is 0.928. The number of nitrogens with zero attached hydrogens (tertiary/aromatic N) is 2. The van der Waals surface area contributed by atoms with Crippen molar-refractivity contribution in [3.8, 4) is 0 Å². The lowest BCUT2D eigenvalue weighted by Gasteiger charge is -2.33. The molecule has 0 spiro atoms. The number of halogens is 1. The van der Waals surface area contributed by atoms with Gasteiger partial charge in [-0.15, -0.1) is 0 Å². The van der Waals surface area contributed by atoms with Gasteiger partial charge in [0.25, 0.3) is 0 Å². The Morgan fingerprint density at radius 1 is 1.61 bits per heavy atom. The highest BCUT2D eigenvalue weighted by atomic mass is 79.9. The molecule has 1 aliphatic rings. The first-order chi connectivity index (χ1) is 8.50. The van der Waals surface area contributed by atoms with Gasteiger partial charge in [0.15, 0.2) is 0 Å². The summed E-state index contributed by atoms with van der Waals surface area (Å²) >= 11 is 3.61. The highest BCUT2D eigenvalue weighted by Gasteiger charge is 2.28. The predicted octanol–water partition coefficient (Wildman–Crippen LogP) is 2.03. The van der Waals surface area contributed by atoms with Crippen molar-refractivity contribution in [2.75, 3.05) is 13.2 Å². The molecular weight excluding hydrogens is 294 g/mol. The molecule has 102 valence electrons. The van der Waals surface area contributed by atoms with Gasteiger partial charge >= 0.3 is 0 Å². The molecule has 0 radical (unpaired) electrons. The second-order valence-corrected chi connectivity index (χ2v) is 6.14. The van der Waals surface area contributed by atoms with E-state index >= 15 is 0 Å². The molecule has 18 heavy (non-hydrogen) atoms. The molecule has 0 aliphatic carbocycles. The highest BCUT2D eigenvalue weighted by molar-refractivity contribution is 9.10. The van der Waals surface area contributed by atoms with E-state index in [0.717, 1.165) is 36.2 Å². The molecule has 2 N–H and O–H groups in total. The minimum absolute atomic E-state index is 0.176. The fraction of sp³-hybridized carbons (Fsp3) is 0.769. The molecule has 2 rings (SSSR count). The van der Waals surface area contributed by atoms with Crippen molar-refractivity contribution in [3.63, 3.8) is 0 Å². The maximum Gasteiger partial charge on any atom is 0.0738 e. The summed E-state index contributed by atoms with van der Waals surface area (Å²) in [6, 6.07) is 0.176. The van der Waals surface area contributed by atoms with Gasteiger partial charge in [0.1, 0.15) is 0 Å². The van der Waals surface area contributed by atoms with Crippen molar-refractivity contribution < 1.29 is 4.74 Å². The molecule has 0 aromatic carbocycles. The standard InChI is InChI=1S/C13H22BrN3O/c1-8-7-18-5-4-10(8)11(15)6-12-13(14)9(2)16-17(12)3/h8,10-11H,4-7,15H2,1-3H3. The molecule has 0 saturated carbocycles. The topological polar surface area (TPSA) is 53.1 Å². The van der Waals surface area contributed by atoms with Gasteiger partial charge in [0.2, 0.25) is 0 Å². The molecule has 1 fully saturated rings. The van der Waals surface area contributed by atoms with Crippen LogP contribution in [0.4, 0.5) is 0 Å². The van der Waals surface area contributed by atoms with Crippen molar-refractivity contribution in [3.05, 3.63) is 15.9 Å². The zero-order valence-electron chi connectivity index (χ0n) is 11.3.